The van der Waals surface area contributed by atoms with Crippen molar-refractivity contribution in [3.8, 4) is 0 Å². The molecule has 0 saturated carbocycles. The number of nitrogens with zero attached hydrogens (tertiary/aromatic N) is 1. The van der Waals surface area contributed by atoms with E-state index in [1.165, 1.54) is 0 Å². The van der Waals surface area contributed by atoms with Crippen molar-refractivity contribution in [2.75, 3.05) is 19.4 Å². The Labute approximate surface area is 135 Å². The molecule has 0 aliphatic heterocycles. The third-order valence-electron chi connectivity index (χ3n) is 2.70. The lowest BCUT2D eigenvalue weighted by molar-refractivity contribution is 0.0827. The number of hydrogen-bond donors (Lipinski definition) is 1. The Morgan fingerprint density at radius 2 is 2.00 bits per heavy atom. The summed E-state index contributed by atoms with van der Waals surface area (Å²) in [6.07, 6.45) is 0. The summed E-state index contributed by atoms with van der Waals surface area (Å²) in [5, 5.41) is 3.30. The molecule has 0 aliphatic rings. The number of halogens is 2. The summed E-state index contributed by atoms with van der Waals surface area (Å²) in [7, 11) is 3.49. The van der Waals surface area contributed by atoms with Crippen molar-refractivity contribution < 1.29 is 4.79 Å². The molecule has 20 heavy (non-hydrogen) atoms. The highest BCUT2D eigenvalue weighted by Crippen LogP contribution is 2.32. The molecule has 1 amide bonds. The first kappa shape index (κ1) is 15.4. The second kappa shape index (κ2) is 6.61. The van der Waals surface area contributed by atoms with Crippen LogP contribution in [0, 0.1) is 0 Å². The van der Waals surface area contributed by atoms with Crippen LogP contribution in [0.3, 0.4) is 0 Å². The van der Waals surface area contributed by atoms with Gasteiger partial charge in [0.25, 0.3) is 5.91 Å². The molecule has 1 aromatic carbocycles. The second-order valence-electron chi connectivity index (χ2n) is 4.46. The van der Waals surface area contributed by atoms with Crippen LogP contribution in [0.4, 0.5) is 5.69 Å². The zero-order valence-electron chi connectivity index (χ0n) is 11.1. The molecule has 2 aromatic rings. The van der Waals surface area contributed by atoms with E-state index in [0.717, 1.165) is 19.4 Å². The lowest BCUT2D eigenvalue weighted by Gasteiger charge is -2.11. The topological polar surface area (TPSA) is 32.3 Å². The maximum absolute atomic E-state index is 11.8. The maximum atomic E-state index is 11.8. The molecule has 0 fully saturated rings. The molecule has 0 spiro atoms. The molecule has 0 aliphatic carbocycles. The molecular formula is C14H14BrClN2OS. The number of anilines is 1. The van der Waals surface area contributed by atoms with Crippen molar-refractivity contribution >= 4 is 50.5 Å². The van der Waals surface area contributed by atoms with Crippen LogP contribution in [0.15, 0.2) is 34.8 Å². The Hall–Kier alpha value is -1.04. The zero-order chi connectivity index (χ0) is 14.7. The molecule has 0 saturated heterocycles. The van der Waals surface area contributed by atoms with Crippen molar-refractivity contribution in [1.29, 1.82) is 0 Å². The number of carbonyl (C=O) groups is 1. The highest BCUT2D eigenvalue weighted by molar-refractivity contribution is 9.10. The van der Waals surface area contributed by atoms with Crippen LogP contribution in [0.2, 0.25) is 4.34 Å². The molecular weight excluding hydrogens is 360 g/mol. The molecule has 0 radical (unpaired) electrons. The van der Waals surface area contributed by atoms with Gasteiger partial charge in [-0.25, -0.2) is 0 Å². The van der Waals surface area contributed by atoms with Gasteiger partial charge in [0.2, 0.25) is 0 Å². The van der Waals surface area contributed by atoms with Gasteiger partial charge >= 0.3 is 0 Å². The van der Waals surface area contributed by atoms with Crippen molar-refractivity contribution in [3.63, 3.8) is 0 Å². The number of thiophene rings is 1. The van der Waals surface area contributed by atoms with Crippen LogP contribution >= 0.6 is 38.9 Å². The van der Waals surface area contributed by atoms with E-state index in [2.05, 4.69) is 21.2 Å². The minimum absolute atomic E-state index is 0.00511. The first-order chi connectivity index (χ1) is 9.47. The molecule has 6 heteroatoms. The van der Waals surface area contributed by atoms with Crippen LogP contribution in [0.25, 0.3) is 0 Å². The summed E-state index contributed by atoms with van der Waals surface area (Å²) in [6, 6.07) is 9.45. The molecule has 1 aromatic heterocycles. The van der Waals surface area contributed by atoms with E-state index in [1.807, 2.05) is 30.3 Å². The number of rotatable bonds is 4. The number of benzene rings is 1. The Bertz CT molecular complexity index is 591. The van der Waals surface area contributed by atoms with Crippen molar-refractivity contribution in [2.24, 2.45) is 0 Å². The molecule has 1 heterocycles. The fourth-order valence-corrected chi connectivity index (χ4v) is 3.39. The standard InChI is InChI=1S/C14H14BrClN2OS/c1-18(2)14(19)9-3-5-10(6-4-9)17-8-11-7-12(15)13(16)20-11/h3-7,17H,8H2,1-2H3. The van der Waals surface area contributed by atoms with E-state index >= 15 is 0 Å². The fourth-order valence-electron chi connectivity index (χ4n) is 1.66. The first-order valence-corrected chi connectivity index (χ1v) is 7.95. The highest BCUT2D eigenvalue weighted by Gasteiger charge is 2.07. The molecule has 1 N–H and O–H groups in total. The minimum atomic E-state index is 0.00511. The van der Waals surface area contributed by atoms with E-state index in [9.17, 15) is 4.79 Å². The SMILES string of the molecule is CN(C)C(=O)c1ccc(NCc2cc(Br)c(Cl)s2)cc1. The van der Waals surface area contributed by atoms with E-state index in [1.54, 1.807) is 30.3 Å². The Morgan fingerprint density at radius 1 is 1.35 bits per heavy atom. The van der Waals surface area contributed by atoms with E-state index < -0.39 is 0 Å². The first-order valence-electron chi connectivity index (χ1n) is 5.96. The average molecular weight is 374 g/mol. The van der Waals surface area contributed by atoms with Gasteiger partial charge in [-0.2, -0.15) is 0 Å². The van der Waals surface area contributed by atoms with Gasteiger partial charge in [0.1, 0.15) is 4.34 Å². The predicted octanol–water partition coefficient (Wildman–Crippen LogP) is 4.48. The summed E-state index contributed by atoms with van der Waals surface area (Å²) >= 11 is 10.9. The molecule has 3 nitrogen and oxygen atoms in total. The maximum Gasteiger partial charge on any atom is 0.253 e. The van der Waals surface area contributed by atoms with Crippen LogP contribution in [-0.2, 0) is 6.54 Å². The van der Waals surface area contributed by atoms with Crippen LogP contribution in [0.5, 0.6) is 0 Å². The normalized spacial score (nSPS) is 10.4. The smallest absolute Gasteiger partial charge is 0.253 e. The summed E-state index contributed by atoms with van der Waals surface area (Å²) in [5.41, 5.74) is 1.66. The monoisotopic (exact) mass is 372 g/mol. The van der Waals surface area contributed by atoms with Crippen LogP contribution in [0.1, 0.15) is 15.2 Å². The third-order valence-corrected chi connectivity index (χ3v) is 5.18. The Kier molecular flexibility index (Phi) is 5.07. The summed E-state index contributed by atoms with van der Waals surface area (Å²) in [6.45, 7) is 0.705. The second-order valence-corrected chi connectivity index (χ2v) is 7.06. The van der Waals surface area contributed by atoms with Crippen molar-refractivity contribution in [2.45, 2.75) is 6.54 Å². The van der Waals surface area contributed by atoms with Gasteiger partial charge in [0.05, 0.1) is 0 Å². The fraction of sp³-hybridized carbons (Fsp3) is 0.214. The minimum Gasteiger partial charge on any atom is -0.380 e. The molecule has 0 bridgehead atoms. The summed E-state index contributed by atoms with van der Waals surface area (Å²) in [5.74, 6) is 0.00511. The van der Waals surface area contributed by atoms with Gasteiger partial charge in [-0.1, -0.05) is 11.6 Å². The lowest BCUT2D eigenvalue weighted by Crippen LogP contribution is -2.21. The molecule has 0 atom stereocenters. The van der Waals surface area contributed by atoms with Gasteiger partial charge in [0.15, 0.2) is 0 Å². The van der Waals surface area contributed by atoms with Gasteiger partial charge in [-0.3, -0.25) is 4.79 Å². The Morgan fingerprint density at radius 3 is 2.50 bits per heavy atom. The Balaban J connectivity index is 1.99. The molecule has 0 unspecified atom stereocenters. The third kappa shape index (κ3) is 3.75. The van der Waals surface area contributed by atoms with Crippen molar-refractivity contribution in [3.05, 3.63) is 49.6 Å². The van der Waals surface area contributed by atoms with Crippen LogP contribution in [-0.4, -0.2) is 24.9 Å². The van der Waals surface area contributed by atoms with E-state index in [-0.39, 0.29) is 5.91 Å². The van der Waals surface area contributed by atoms with Gasteiger partial charge < -0.3 is 10.2 Å². The zero-order valence-corrected chi connectivity index (χ0v) is 14.3. The number of hydrogen-bond acceptors (Lipinski definition) is 3. The number of carbonyl (C=O) groups excluding carboxylic acids is 1. The van der Waals surface area contributed by atoms with Gasteiger partial charge in [0, 0.05) is 41.2 Å². The van der Waals surface area contributed by atoms with Crippen LogP contribution < -0.4 is 5.32 Å². The predicted molar refractivity (Wildman–Crippen MR) is 88.8 cm³/mol. The van der Waals surface area contributed by atoms with Gasteiger partial charge in [-0.05, 0) is 46.3 Å². The van der Waals surface area contributed by atoms with E-state index in [4.69, 9.17) is 11.6 Å². The lowest BCUT2D eigenvalue weighted by atomic mass is 10.2. The summed E-state index contributed by atoms with van der Waals surface area (Å²) in [4.78, 5) is 14.5. The average Bonchev–Trinajstić information content (AvgIpc) is 2.75. The number of amides is 1. The number of nitrogens with one attached hydrogen (secondary N) is 1. The summed E-state index contributed by atoms with van der Waals surface area (Å²) < 4.78 is 1.68. The molecule has 2 rings (SSSR count). The highest BCUT2D eigenvalue weighted by atomic mass is 79.9. The largest absolute Gasteiger partial charge is 0.380 e. The van der Waals surface area contributed by atoms with Crippen molar-refractivity contribution in [1.82, 2.24) is 4.90 Å². The van der Waals surface area contributed by atoms with Gasteiger partial charge in [-0.15, -0.1) is 11.3 Å². The van der Waals surface area contributed by atoms with E-state index in [0.29, 0.717) is 12.1 Å². The quantitative estimate of drug-likeness (QED) is 0.857. The molecule has 106 valence electrons.